The number of methoxy groups -OCH3 is 1. The number of aliphatic hydroxyl groups is 2. The van der Waals surface area contributed by atoms with E-state index in [1.54, 1.807) is 19.1 Å². The highest BCUT2D eigenvalue weighted by atomic mass is 16.7. The van der Waals surface area contributed by atoms with E-state index in [4.69, 9.17) is 15.3 Å². The van der Waals surface area contributed by atoms with Gasteiger partial charge in [0, 0.05) is 67.6 Å². The molecular formula is C42H65N7O6. The number of hydrogen-bond donors (Lipinski definition) is 5. The summed E-state index contributed by atoms with van der Waals surface area (Å²) in [6, 6.07) is 10.3. The Labute approximate surface area is 327 Å². The maximum absolute atomic E-state index is 14.3. The summed E-state index contributed by atoms with van der Waals surface area (Å²) in [5.74, 6) is 0.911. The maximum Gasteiger partial charge on any atom is 0.251 e. The van der Waals surface area contributed by atoms with Crippen molar-refractivity contribution >= 4 is 24.2 Å². The molecule has 2 aromatic carbocycles. The molecule has 4 fully saturated rings. The number of nitrogens with zero attached hydrogens (tertiary/aromatic N) is 4. The van der Waals surface area contributed by atoms with Gasteiger partial charge in [-0.25, -0.2) is 0 Å². The number of ether oxygens (including phenoxy) is 1. The molecule has 6 N–H and O–H groups in total. The molecule has 1 heterocycles. The van der Waals surface area contributed by atoms with Gasteiger partial charge in [-0.05, 0) is 93.9 Å². The minimum Gasteiger partial charge on any atom is -0.496 e. The number of benzene rings is 2. The lowest BCUT2D eigenvalue weighted by Crippen LogP contribution is -2.62. The van der Waals surface area contributed by atoms with Gasteiger partial charge in [-0.15, -0.1) is 0 Å². The molecule has 10 atom stereocenters. The van der Waals surface area contributed by atoms with E-state index in [2.05, 4.69) is 43.1 Å². The molecule has 304 valence electrons. The van der Waals surface area contributed by atoms with E-state index in [1.165, 1.54) is 6.42 Å². The molecule has 0 aromatic heterocycles. The van der Waals surface area contributed by atoms with E-state index >= 15 is 0 Å². The molecule has 2 bridgehead atoms. The third kappa shape index (κ3) is 9.03. The first-order chi connectivity index (χ1) is 26.0. The Kier molecular flexibility index (Phi) is 13.7. The van der Waals surface area contributed by atoms with Crippen LogP contribution in [0.1, 0.15) is 62.9 Å². The highest BCUT2D eigenvalue weighted by molar-refractivity contribution is 5.97. The predicted octanol–water partition coefficient (Wildman–Crippen LogP) is 3.17. The number of carbonyl (C=O) groups excluding carboxylic acids is 2. The van der Waals surface area contributed by atoms with Crippen molar-refractivity contribution in [2.24, 2.45) is 39.8 Å². The standard InChI is InChI=1S/C42H65N7O6/c1-24-34-17-29(42(34,3)4)18-35(24)46-41(53)38-37(25(2)51)36(23-50)55-49(38)21-26-12-11-13-33(39(26)54-10)27-14-28(16-32(15-27)48(8)9)40(52)45-31(22-47(6)7)19-30(20-43)44-5/h11-16,24-25,29-31,34-38,50-51H,5,17-23,43H2,1-4,6-10H3,(H,45,52)(H,46,53)/t24-,25-,29+,30?,31-,34-,35-,36-,37+,38-/m0/s1. The largest absolute Gasteiger partial charge is 0.496 e. The molecule has 0 radical (unpaired) electrons. The van der Waals surface area contributed by atoms with Crippen molar-refractivity contribution in [2.75, 3.05) is 59.9 Å². The Hall–Kier alpha value is -3.59. The van der Waals surface area contributed by atoms with Crippen LogP contribution in [0.2, 0.25) is 0 Å². The molecule has 1 aliphatic heterocycles. The van der Waals surface area contributed by atoms with Gasteiger partial charge in [0.15, 0.2) is 0 Å². The van der Waals surface area contributed by atoms with Crippen molar-refractivity contribution in [3.63, 3.8) is 0 Å². The molecule has 13 nitrogen and oxygen atoms in total. The average Bonchev–Trinajstić information content (AvgIpc) is 3.52. The first kappa shape index (κ1) is 42.6. The summed E-state index contributed by atoms with van der Waals surface area (Å²) in [6.45, 7) is 13.0. The van der Waals surface area contributed by atoms with Gasteiger partial charge in [-0.1, -0.05) is 39.0 Å². The SMILES string of the molecule is C=NC(CN)C[C@@H](CN(C)C)NC(=O)c1cc(-c2cccc(CN3O[C@@H](CO)[C@@H]([C@H](C)O)[C@H]3C(=O)N[C@H]3C[C@H]4C[C@@H]([C@@H]3C)C4(C)C)c2OC)cc(N(C)C)c1. The van der Waals surface area contributed by atoms with Crippen molar-refractivity contribution in [1.29, 1.82) is 0 Å². The molecule has 3 aliphatic carbocycles. The number of aliphatic hydroxyl groups excluding tert-OH is 2. The number of nitrogens with two attached hydrogens (primary N) is 1. The summed E-state index contributed by atoms with van der Waals surface area (Å²) < 4.78 is 6.08. The molecule has 6 rings (SSSR count). The van der Waals surface area contributed by atoms with Gasteiger partial charge in [0.25, 0.3) is 5.91 Å². The van der Waals surface area contributed by atoms with Crippen molar-refractivity contribution in [1.82, 2.24) is 20.6 Å². The Balaban J connectivity index is 1.45. The van der Waals surface area contributed by atoms with Crippen LogP contribution >= 0.6 is 0 Å². The number of rotatable bonds is 17. The lowest BCUT2D eigenvalue weighted by molar-refractivity contribution is -0.183. The number of hydrogen-bond acceptors (Lipinski definition) is 11. The molecule has 0 spiro atoms. The third-order valence-electron chi connectivity index (χ3n) is 12.7. The second-order valence-electron chi connectivity index (χ2n) is 17.1. The van der Waals surface area contributed by atoms with Gasteiger partial charge in [0.1, 0.15) is 17.9 Å². The summed E-state index contributed by atoms with van der Waals surface area (Å²) in [5, 5.41) is 29.5. The Morgan fingerprint density at radius 1 is 1.18 bits per heavy atom. The molecule has 4 aliphatic rings. The van der Waals surface area contributed by atoms with E-state index in [0.29, 0.717) is 48.6 Å². The summed E-state index contributed by atoms with van der Waals surface area (Å²) in [4.78, 5) is 42.6. The summed E-state index contributed by atoms with van der Waals surface area (Å²) in [5.41, 5.74) is 9.77. The molecular weight excluding hydrogens is 699 g/mol. The first-order valence-electron chi connectivity index (χ1n) is 19.7. The number of fused-ring (bicyclic) bond motifs is 2. The van der Waals surface area contributed by atoms with E-state index in [1.807, 2.05) is 74.4 Å². The fraction of sp³-hybridized carbons (Fsp3) is 0.643. The number of hydroxylamine groups is 2. The zero-order valence-corrected chi connectivity index (χ0v) is 34.3. The van der Waals surface area contributed by atoms with Gasteiger partial charge < -0.3 is 41.1 Å². The third-order valence-corrected chi connectivity index (χ3v) is 12.7. The Bertz CT molecular complexity index is 1670. The fourth-order valence-corrected chi connectivity index (χ4v) is 9.45. The van der Waals surface area contributed by atoms with Gasteiger partial charge in [-0.2, -0.15) is 5.06 Å². The van der Waals surface area contributed by atoms with Crippen LogP contribution in [0.4, 0.5) is 5.69 Å². The van der Waals surface area contributed by atoms with Gasteiger partial charge >= 0.3 is 0 Å². The molecule has 13 heteroatoms. The van der Waals surface area contributed by atoms with Crippen LogP contribution in [-0.4, -0.2) is 130 Å². The second-order valence-corrected chi connectivity index (χ2v) is 17.1. The maximum atomic E-state index is 14.3. The smallest absolute Gasteiger partial charge is 0.251 e. The summed E-state index contributed by atoms with van der Waals surface area (Å²) in [7, 11) is 9.36. The first-order valence-corrected chi connectivity index (χ1v) is 19.7. The number of carbonyl (C=O) groups is 2. The van der Waals surface area contributed by atoms with E-state index in [9.17, 15) is 19.8 Å². The van der Waals surface area contributed by atoms with Crippen LogP contribution in [0.5, 0.6) is 5.75 Å². The predicted molar refractivity (Wildman–Crippen MR) is 217 cm³/mol. The average molecular weight is 764 g/mol. The summed E-state index contributed by atoms with van der Waals surface area (Å²) >= 11 is 0. The number of anilines is 1. The lowest BCUT2D eigenvalue weighted by atomic mass is 9.45. The fourth-order valence-electron chi connectivity index (χ4n) is 9.45. The lowest BCUT2D eigenvalue weighted by Gasteiger charge is -2.62. The van der Waals surface area contributed by atoms with Crippen molar-refractivity contribution in [3.8, 4) is 16.9 Å². The highest BCUT2D eigenvalue weighted by Gasteiger charge is 2.57. The Morgan fingerprint density at radius 2 is 1.91 bits per heavy atom. The van der Waals surface area contributed by atoms with Crippen molar-refractivity contribution in [3.05, 3.63) is 47.5 Å². The topological polar surface area (TPSA) is 165 Å². The van der Waals surface area contributed by atoms with Crippen molar-refractivity contribution in [2.45, 2.75) is 89.9 Å². The van der Waals surface area contributed by atoms with Crippen LogP contribution in [0.3, 0.4) is 0 Å². The highest BCUT2D eigenvalue weighted by Crippen LogP contribution is 2.61. The number of aliphatic imine (C=N–C) groups is 1. The van der Waals surface area contributed by atoms with Crippen LogP contribution in [-0.2, 0) is 16.2 Å². The van der Waals surface area contributed by atoms with Crippen LogP contribution in [0.15, 0.2) is 41.4 Å². The Morgan fingerprint density at radius 3 is 2.47 bits per heavy atom. The van der Waals surface area contributed by atoms with E-state index < -0.39 is 24.2 Å². The zero-order valence-electron chi connectivity index (χ0n) is 34.3. The van der Waals surface area contributed by atoms with Gasteiger partial charge in [0.05, 0.1) is 32.4 Å². The molecule has 3 saturated carbocycles. The van der Waals surface area contributed by atoms with Gasteiger partial charge in [-0.3, -0.25) is 19.4 Å². The van der Waals surface area contributed by atoms with E-state index in [-0.39, 0.29) is 48.5 Å². The molecule has 2 amide bonds. The zero-order chi connectivity index (χ0) is 40.4. The summed E-state index contributed by atoms with van der Waals surface area (Å²) in [6.07, 6.45) is 1.00. The molecule has 2 aromatic rings. The van der Waals surface area contributed by atoms with Crippen molar-refractivity contribution < 1.29 is 29.4 Å². The number of nitrogens with one attached hydrogen (secondary N) is 2. The number of amides is 2. The molecule has 1 unspecified atom stereocenters. The van der Waals surface area contributed by atoms with Crippen LogP contribution < -0.4 is 26.0 Å². The molecule has 55 heavy (non-hydrogen) atoms. The minimum atomic E-state index is -0.910. The monoisotopic (exact) mass is 763 g/mol. The minimum absolute atomic E-state index is 0.0288. The quantitative estimate of drug-likeness (QED) is 0.151. The van der Waals surface area contributed by atoms with Crippen LogP contribution in [0, 0.1) is 29.1 Å². The van der Waals surface area contributed by atoms with E-state index in [0.717, 1.165) is 28.8 Å². The van der Waals surface area contributed by atoms with Crippen LogP contribution in [0.25, 0.3) is 11.1 Å². The molecule has 1 saturated heterocycles. The number of likely N-dealkylation sites (N-methyl/N-ethyl adjacent to an activating group) is 1. The second kappa shape index (κ2) is 17.7. The van der Waals surface area contributed by atoms with Gasteiger partial charge in [0.2, 0.25) is 5.91 Å². The number of para-hydroxylation sites is 1. The normalized spacial score (nSPS) is 27.5.